The van der Waals surface area contributed by atoms with Crippen molar-refractivity contribution in [3.05, 3.63) is 85.6 Å². The summed E-state index contributed by atoms with van der Waals surface area (Å²) < 4.78 is 11.3. The lowest BCUT2D eigenvalue weighted by atomic mass is 10.2. The fourth-order valence-electron chi connectivity index (χ4n) is 2.71. The van der Waals surface area contributed by atoms with Gasteiger partial charge in [0.15, 0.2) is 0 Å². The van der Waals surface area contributed by atoms with Crippen molar-refractivity contribution >= 4 is 23.2 Å². The van der Waals surface area contributed by atoms with Crippen molar-refractivity contribution in [1.82, 2.24) is 9.55 Å². The molecular formula is C20H18ClN3O5. The van der Waals surface area contributed by atoms with Gasteiger partial charge in [0, 0.05) is 17.3 Å². The number of hydrogen-bond donors (Lipinski definition) is 2. The molecule has 0 atom stereocenters. The standard InChI is InChI=1S/C20H18ClN3O5/c1-28-13-7-8-16(17(9-13)29-2)23-18(25)14-10-22-20(27)24(19(14)26)11-12-5-3-4-6-15(12)21/h3-10H,11H2,1-2H3,(H,22,27)(H,23,25). The van der Waals surface area contributed by atoms with Crippen LogP contribution in [0.4, 0.5) is 5.69 Å². The number of carbonyl (C=O) groups is 1. The van der Waals surface area contributed by atoms with Gasteiger partial charge in [0.25, 0.3) is 11.5 Å². The maximum Gasteiger partial charge on any atom is 0.328 e. The molecule has 0 unspecified atom stereocenters. The number of nitrogens with zero attached hydrogens (tertiary/aromatic N) is 1. The minimum atomic E-state index is -0.737. The number of aromatic amines is 1. The zero-order chi connectivity index (χ0) is 21.0. The average molecular weight is 416 g/mol. The van der Waals surface area contributed by atoms with Gasteiger partial charge in [-0.05, 0) is 23.8 Å². The van der Waals surface area contributed by atoms with Crippen molar-refractivity contribution in [1.29, 1.82) is 0 Å². The lowest BCUT2D eigenvalue weighted by Crippen LogP contribution is -2.39. The van der Waals surface area contributed by atoms with E-state index < -0.39 is 17.2 Å². The number of aromatic nitrogens is 2. The van der Waals surface area contributed by atoms with Crippen LogP contribution in [0.5, 0.6) is 11.5 Å². The summed E-state index contributed by atoms with van der Waals surface area (Å²) in [6.45, 7) is -0.0686. The summed E-state index contributed by atoms with van der Waals surface area (Å²) in [6.07, 6.45) is 1.08. The van der Waals surface area contributed by atoms with Gasteiger partial charge in [-0.15, -0.1) is 0 Å². The molecule has 1 amide bonds. The fraction of sp³-hybridized carbons (Fsp3) is 0.150. The number of ether oxygens (including phenoxy) is 2. The third-order valence-corrected chi connectivity index (χ3v) is 4.62. The van der Waals surface area contributed by atoms with Crippen molar-refractivity contribution < 1.29 is 14.3 Å². The molecule has 0 aliphatic heterocycles. The number of hydrogen-bond acceptors (Lipinski definition) is 5. The lowest BCUT2D eigenvalue weighted by Gasteiger charge is -2.12. The van der Waals surface area contributed by atoms with Crippen LogP contribution >= 0.6 is 11.6 Å². The summed E-state index contributed by atoms with van der Waals surface area (Å²) >= 11 is 6.12. The zero-order valence-corrected chi connectivity index (χ0v) is 16.4. The molecule has 2 aromatic carbocycles. The van der Waals surface area contributed by atoms with E-state index in [2.05, 4.69) is 10.3 Å². The number of rotatable bonds is 6. The second-order valence-corrected chi connectivity index (χ2v) is 6.42. The highest BCUT2D eigenvalue weighted by molar-refractivity contribution is 6.31. The minimum Gasteiger partial charge on any atom is -0.497 e. The Morgan fingerprint density at radius 3 is 2.59 bits per heavy atom. The molecule has 29 heavy (non-hydrogen) atoms. The smallest absolute Gasteiger partial charge is 0.328 e. The SMILES string of the molecule is COc1ccc(NC(=O)c2c[nH]c(=O)n(Cc3ccccc3Cl)c2=O)c(OC)c1. The van der Waals surface area contributed by atoms with Crippen LogP contribution in [-0.2, 0) is 6.54 Å². The molecule has 2 N–H and O–H groups in total. The van der Waals surface area contributed by atoms with Crippen LogP contribution in [0.2, 0.25) is 5.02 Å². The maximum absolute atomic E-state index is 12.8. The first-order valence-corrected chi connectivity index (χ1v) is 8.91. The van der Waals surface area contributed by atoms with Crippen molar-refractivity contribution in [3.8, 4) is 11.5 Å². The Hall–Kier alpha value is -3.52. The first kappa shape index (κ1) is 20.2. The number of methoxy groups -OCH3 is 2. The van der Waals surface area contributed by atoms with Gasteiger partial charge in [0.2, 0.25) is 0 Å². The van der Waals surface area contributed by atoms with Crippen molar-refractivity contribution in [2.45, 2.75) is 6.54 Å². The second-order valence-electron chi connectivity index (χ2n) is 6.01. The molecule has 3 rings (SSSR count). The molecule has 1 heterocycles. The molecule has 9 heteroatoms. The topological polar surface area (TPSA) is 102 Å². The van der Waals surface area contributed by atoms with Crippen LogP contribution in [0.3, 0.4) is 0 Å². The summed E-state index contributed by atoms with van der Waals surface area (Å²) in [5.74, 6) is 0.215. The molecule has 0 radical (unpaired) electrons. The number of H-pyrrole nitrogens is 1. The molecular weight excluding hydrogens is 398 g/mol. The van der Waals surface area contributed by atoms with Gasteiger partial charge >= 0.3 is 5.69 Å². The number of nitrogens with one attached hydrogen (secondary N) is 2. The molecule has 0 saturated heterocycles. The highest BCUT2D eigenvalue weighted by Crippen LogP contribution is 2.29. The quantitative estimate of drug-likeness (QED) is 0.644. The Balaban J connectivity index is 1.94. The van der Waals surface area contributed by atoms with Crippen LogP contribution in [0.25, 0.3) is 0 Å². The molecule has 0 aliphatic carbocycles. The third kappa shape index (κ3) is 4.33. The Kier molecular flexibility index (Phi) is 6.04. The fourth-order valence-corrected chi connectivity index (χ4v) is 2.90. The molecule has 0 aliphatic rings. The molecule has 0 fully saturated rings. The predicted octanol–water partition coefficient (Wildman–Crippen LogP) is 2.51. The Labute approximate surface area is 170 Å². The van der Waals surface area contributed by atoms with Gasteiger partial charge in [-0.2, -0.15) is 0 Å². The largest absolute Gasteiger partial charge is 0.497 e. The van der Waals surface area contributed by atoms with Gasteiger partial charge in [-0.25, -0.2) is 4.79 Å². The van der Waals surface area contributed by atoms with E-state index in [0.29, 0.717) is 27.8 Å². The molecule has 0 bridgehead atoms. The number of amides is 1. The van der Waals surface area contributed by atoms with E-state index in [4.69, 9.17) is 21.1 Å². The Bertz CT molecular complexity index is 1170. The third-order valence-electron chi connectivity index (χ3n) is 4.25. The Morgan fingerprint density at radius 2 is 1.90 bits per heavy atom. The highest BCUT2D eigenvalue weighted by Gasteiger charge is 2.17. The van der Waals surface area contributed by atoms with Crippen molar-refractivity contribution in [3.63, 3.8) is 0 Å². The summed E-state index contributed by atoms with van der Waals surface area (Å²) in [5.41, 5.74) is -0.681. The van der Waals surface area contributed by atoms with Gasteiger partial charge in [0.1, 0.15) is 17.1 Å². The number of carbonyl (C=O) groups excluding carboxylic acids is 1. The number of benzene rings is 2. The normalized spacial score (nSPS) is 10.4. The number of anilines is 1. The summed E-state index contributed by atoms with van der Waals surface area (Å²) in [6, 6.07) is 11.7. The second kappa shape index (κ2) is 8.66. The van der Waals surface area contributed by atoms with Gasteiger partial charge in [0.05, 0.1) is 26.5 Å². The van der Waals surface area contributed by atoms with E-state index in [1.807, 2.05) is 0 Å². The lowest BCUT2D eigenvalue weighted by molar-refractivity contribution is 0.102. The zero-order valence-electron chi connectivity index (χ0n) is 15.7. The Morgan fingerprint density at radius 1 is 1.14 bits per heavy atom. The molecule has 3 aromatic rings. The monoisotopic (exact) mass is 415 g/mol. The van der Waals surface area contributed by atoms with Crippen LogP contribution in [0, 0.1) is 0 Å². The number of halogens is 1. The molecule has 0 spiro atoms. The molecule has 1 aromatic heterocycles. The van der Waals surface area contributed by atoms with E-state index in [0.717, 1.165) is 10.8 Å². The van der Waals surface area contributed by atoms with Gasteiger partial charge < -0.3 is 19.8 Å². The van der Waals surface area contributed by atoms with E-state index >= 15 is 0 Å². The molecule has 150 valence electrons. The average Bonchev–Trinajstić information content (AvgIpc) is 2.72. The molecule has 0 saturated carbocycles. The first-order valence-electron chi connectivity index (χ1n) is 8.54. The minimum absolute atomic E-state index is 0.0686. The van der Waals surface area contributed by atoms with E-state index in [1.54, 1.807) is 42.5 Å². The van der Waals surface area contributed by atoms with E-state index in [-0.39, 0.29) is 12.1 Å². The van der Waals surface area contributed by atoms with Gasteiger partial charge in [-0.1, -0.05) is 29.8 Å². The molecule has 8 nitrogen and oxygen atoms in total. The van der Waals surface area contributed by atoms with Gasteiger partial charge in [-0.3, -0.25) is 14.2 Å². The first-order chi connectivity index (χ1) is 13.9. The van der Waals surface area contributed by atoms with Crippen molar-refractivity contribution in [2.75, 3.05) is 19.5 Å². The van der Waals surface area contributed by atoms with Crippen LogP contribution in [0.15, 0.2) is 58.3 Å². The predicted molar refractivity (Wildman–Crippen MR) is 109 cm³/mol. The highest BCUT2D eigenvalue weighted by atomic mass is 35.5. The van der Waals surface area contributed by atoms with E-state index in [1.165, 1.54) is 14.2 Å². The van der Waals surface area contributed by atoms with Crippen molar-refractivity contribution in [2.24, 2.45) is 0 Å². The van der Waals surface area contributed by atoms with Crippen LogP contribution in [-0.4, -0.2) is 29.7 Å². The summed E-state index contributed by atoms with van der Waals surface area (Å²) in [4.78, 5) is 40.0. The van der Waals surface area contributed by atoms with E-state index in [9.17, 15) is 14.4 Å². The summed E-state index contributed by atoms with van der Waals surface area (Å²) in [7, 11) is 2.95. The van der Waals surface area contributed by atoms with Crippen LogP contribution < -0.4 is 26.0 Å². The van der Waals surface area contributed by atoms with Crippen LogP contribution in [0.1, 0.15) is 15.9 Å². The maximum atomic E-state index is 12.8. The summed E-state index contributed by atoms with van der Waals surface area (Å²) in [5, 5.41) is 3.02.